The molecule has 3 rings (SSSR count). The van der Waals surface area contributed by atoms with Crippen LogP contribution in [0.3, 0.4) is 0 Å². The lowest BCUT2D eigenvalue weighted by Gasteiger charge is -2.19. The van der Waals surface area contributed by atoms with E-state index < -0.39 is 60.6 Å². The molecule has 0 bridgehead atoms. The Labute approximate surface area is 211 Å². The number of nitrogens with zero attached hydrogens (tertiary/aromatic N) is 7. The fourth-order valence-corrected chi connectivity index (χ4v) is 5.84. The van der Waals surface area contributed by atoms with Crippen LogP contribution in [0.15, 0.2) is 11.4 Å². The van der Waals surface area contributed by atoms with Gasteiger partial charge in [-0.15, -0.1) is 0 Å². The number of nitrogens with two attached hydrogens (primary N) is 1. The molecule has 0 amide bonds. The van der Waals surface area contributed by atoms with Crippen LogP contribution in [0, 0.1) is 0 Å². The quantitative estimate of drug-likeness (QED) is 0.0761. The van der Waals surface area contributed by atoms with Crippen molar-refractivity contribution in [1.29, 1.82) is 0 Å². The van der Waals surface area contributed by atoms with Crippen LogP contribution in [0.25, 0.3) is 21.6 Å². The molecule has 28 heteroatoms. The molecule has 220 valence electrons. The van der Waals surface area contributed by atoms with Crippen molar-refractivity contribution < 1.29 is 61.4 Å². The van der Waals surface area contributed by atoms with Gasteiger partial charge in [0.25, 0.3) is 0 Å². The van der Waals surface area contributed by atoms with Gasteiger partial charge in [0, 0.05) is 4.91 Å². The highest BCUT2D eigenvalue weighted by molar-refractivity contribution is 7.66. The Morgan fingerprint density at radius 2 is 1.66 bits per heavy atom. The number of azide groups is 1. The SMILES string of the molecule is N.N.N.N.[N-]=[N+]=Nc1nc2c(N)ncnc2n1[C@@H]1O[C@H](COP(=O)(O)OP(=O)(O)OP(=O)(O)O)C(O)C1O. The summed E-state index contributed by atoms with van der Waals surface area (Å²) in [5.74, 6) is -0.509. The molecule has 38 heavy (non-hydrogen) atoms. The number of hydrogen-bond donors (Lipinski definition) is 11. The van der Waals surface area contributed by atoms with Crippen LogP contribution in [0.4, 0.5) is 11.8 Å². The van der Waals surface area contributed by atoms with E-state index >= 15 is 0 Å². The summed E-state index contributed by atoms with van der Waals surface area (Å²) in [6.45, 7) is -1.06. The molecule has 1 aliphatic heterocycles. The molecule has 6 atom stereocenters. The Hall–Kier alpha value is -2.21. The molecule has 0 saturated carbocycles. The van der Waals surface area contributed by atoms with E-state index in [1.807, 2.05) is 0 Å². The average molecular weight is 616 g/mol. The normalized spacial score (nSPS) is 23.8. The molecule has 4 unspecified atom stereocenters. The Bertz CT molecular complexity index is 1280. The van der Waals surface area contributed by atoms with Crippen LogP contribution in [0.1, 0.15) is 6.23 Å². The fraction of sp³-hybridized carbons (Fsp3) is 0.500. The van der Waals surface area contributed by atoms with E-state index in [0.29, 0.717) is 0 Å². The zero-order valence-electron chi connectivity index (χ0n) is 19.0. The van der Waals surface area contributed by atoms with Gasteiger partial charge in [-0.1, -0.05) is 0 Å². The first kappa shape index (κ1) is 37.9. The van der Waals surface area contributed by atoms with Gasteiger partial charge in [0.1, 0.15) is 24.6 Å². The number of phosphoric acid groups is 3. The van der Waals surface area contributed by atoms with E-state index in [1.165, 1.54) is 0 Å². The number of anilines is 1. The van der Waals surface area contributed by atoms with E-state index in [2.05, 4.69) is 38.1 Å². The van der Waals surface area contributed by atoms with E-state index in [4.69, 9.17) is 30.7 Å². The van der Waals surface area contributed by atoms with Gasteiger partial charge in [0.05, 0.1) is 6.61 Å². The monoisotopic (exact) mass is 616 g/mol. The van der Waals surface area contributed by atoms with Gasteiger partial charge in [-0.2, -0.15) is 8.62 Å². The number of fused-ring (bicyclic) bond motifs is 1. The molecule has 0 aliphatic carbocycles. The van der Waals surface area contributed by atoms with E-state index in [9.17, 15) is 28.8 Å². The lowest BCUT2D eigenvalue weighted by atomic mass is 10.1. The minimum absolute atomic E-state index is 0. The first-order chi connectivity index (χ1) is 15.6. The van der Waals surface area contributed by atoms with Gasteiger partial charge in [-0.25, -0.2) is 28.6 Å². The van der Waals surface area contributed by atoms with Gasteiger partial charge < -0.3 is 64.9 Å². The molecule has 1 saturated heterocycles. The zero-order chi connectivity index (χ0) is 25.5. The molecule has 3 heterocycles. The molecule has 0 radical (unpaired) electrons. The number of ether oxygens (including phenoxy) is 1. The zero-order valence-corrected chi connectivity index (χ0v) is 21.7. The van der Waals surface area contributed by atoms with Gasteiger partial charge >= 0.3 is 23.5 Å². The Kier molecular flexibility index (Phi) is 13.7. The van der Waals surface area contributed by atoms with Crippen LogP contribution in [-0.4, -0.2) is 74.2 Å². The van der Waals surface area contributed by atoms with E-state index in [-0.39, 0.29) is 41.6 Å². The predicted octanol–water partition coefficient (Wildman–Crippen LogP) is -0.0392. The third kappa shape index (κ3) is 8.65. The second kappa shape index (κ2) is 13.7. The summed E-state index contributed by atoms with van der Waals surface area (Å²) >= 11 is 0. The molecule has 2 aromatic rings. The summed E-state index contributed by atoms with van der Waals surface area (Å²) in [7, 11) is -16.9. The van der Waals surface area contributed by atoms with Gasteiger partial charge in [-0.3, -0.25) is 9.09 Å². The first-order valence-electron chi connectivity index (χ1n) is 8.47. The van der Waals surface area contributed by atoms with E-state index in [0.717, 1.165) is 10.9 Å². The minimum Gasteiger partial charge on any atom is -0.387 e. The number of rotatable bonds is 9. The van der Waals surface area contributed by atoms with Crippen molar-refractivity contribution in [2.75, 3.05) is 12.3 Å². The topological polar surface area (TPSA) is 468 Å². The number of nitrogen functional groups attached to an aromatic ring is 1. The van der Waals surface area contributed by atoms with E-state index in [1.54, 1.807) is 0 Å². The summed E-state index contributed by atoms with van der Waals surface area (Å²) < 4.78 is 51.8. The largest absolute Gasteiger partial charge is 0.490 e. The van der Waals surface area contributed by atoms with Gasteiger partial charge in [0.15, 0.2) is 23.2 Å². The number of aliphatic hydroxyl groups excluding tert-OH is 2. The van der Waals surface area contributed by atoms with Gasteiger partial charge in [0.2, 0.25) is 5.95 Å². The third-order valence-corrected chi connectivity index (χ3v) is 7.83. The van der Waals surface area contributed by atoms with Crippen molar-refractivity contribution in [2.24, 2.45) is 5.11 Å². The highest BCUT2D eigenvalue weighted by Crippen LogP contribution is 2.66. The lowest BCUT2D eigenvalue weighted by molar-refractivity contribution is -0.0495. The van der Waals surface area contributed by atoms with Crippen molar-refractivity contribution >= 4 is 46.4 Å². The highest BCUT2D eigenvalue weighted by Gasteiger charge is 2.47. The number of aromatic nitrogens is 4. The molecule has 20 N–H and O–H groups in total. The van der Waals surface area contributed by atoms with Crippen molar-refractivity contribution in [3.05, 3.63) is 16.8 Å². The van der Waals surface area contributed by atoms with Crippen LogP contribution < -0.4 is 30.3 Å². The molecule has 1 aliphatic rings. The molecular weight excluding hydrogens is 589 g/mol. The van der Waals surface area contributed by atoms with Crippen molar-refractivity contribution in [3.63, 3.8) is 0 Å². The number of aliphatic hydroxyl groups is 2. The maximum absolute atomic E-state index is 11.9. The molecule has 0 aromatic carbocycles. The summed E-state index contributed by atoms with van der Waals surface area (Å²) in [4.78, 5) is 49.9. The summed E-state index contributed by atoms with van der Waals surface area (Å²) in [5.41, 5.74) is 14.4. The molecular formula is C10H27N12O13P3. The second-order valence-electron chi connectivity index (χ2n) is 6.34. The molecule has 25 nitrogen and oxygen atoms in total. The minimum atomic E-state index is -5.76. The molecule has 2 aromatic heterocycles. The second-order valence-corrected chi connectivity index (χ2v) is 10.8. The van der Waals surface area contributed by atoms with Crippen LogP contribution in [0.2, 0.25) is 0 Å². The van der Waals surface area contributed by atoms with Crippen molar-refractivity contribution in [1.82, 2.24) is 44.1 Å². The molecule has 0 spiro atoms. The van der Waals surface area contributed by atoms with Crippen LogP contribution in [0.5, 0.6) is 0 Å². The van der Waals surface area contributed by atoms with Gasteiger partial charge in [-0.05, 0) is 10.6 Å². The number of phosphoric ester groups is 1. The lowest BCUT2D eigenvalue weighted by Crippen LogP contribution is -2.33. The molecule has 1 fully saturated rings. The standard InChI is InChI=1S/C10H15N8O13P3.4H3N/c11-7-4-8(14-2-13-7)18(10(15-4)16-17-12)9-6(20)5(19)3(29-9)1-28-33(24,25)31-34(26,27)30-32(21,22)23;;;;/h2-3,5-6,9,19-20H,1H2,(H,24,25)(H,26,27)(H2,11,13,14)(H2,21,22,23);4*1H3/t3-,5?,6?,9-;;;;/m1..../s1. The first-order valence-corrected chi connectivity index (χ1v) is 13.0. The smallest absolute Gasteiger partial charge is 0.387 e. The number of hydrogen-bond acceptors (Lipinski definition) is 18. The summed E-state index contributed by atoms with van der Waals surface area (Å²) in [6, 6.07) is 0. The fourth-order valence-electron chi connectivity index (χ4n) is 2.81. The third-order valence-electron chi connectivity index (χ3n) is 4.03. The average Bonchev–Trinajstić information content (AvgIpc) is 3.16. The Morgan fingerprint density at radius 3 is 2.21 bits per heavy atom. The van der Waals surface area contributed by atoms with Crippen molar-refractivity contribution in [3.8, 4) is 0 Å². The Morgan fingerprint density at radius 1 is 1.05 bits per heavy atom. The van der Waals surface area contributed by atoms with Crippen LogP contribution >= 0.6 is 23.5 Å². The summed E-state index contributed by atoms with van der Waals surface area (Å²) in [5, 5.41) is 24.0. The summed E-state index contributed by atoms with van der Waals surface area (Å²) in [6.07, 6.45) is -5.71. The highest BCUT2D eigenvalue weighted by atomic mass is 31.3. The van der Waals surface area contributed by atoms with Crippen molar-refractivity contribution in [2.45, 2.75) is 24.5 Å². The maximum atomic E-state index is 11.9. The van der Waals surface area contributed by atoms with Crippen LogP contribution in [-0.2, 0) is 31.6 Å². The Balaban J connectivity index is 0. The predicted molar refractivity (Wildman–Crippen MR) is 124 cm³/mol. The number of imidazole rings is 1. The maximum Gasteiger partial charge on any atom is 0.490 e.